The van der Waals surface area contributed by atoms with Crippen LogP contribution in [0.2, 0.25) is 0 Å². The molecule has 3 nitrogen and oxygen atoms in total. The number of aliphatic hydroxyl groups excluding tert-OH is 1. The Kier molecular flexibility index (Phi) is 5.53. The van der Waals surface area contributed by atoms with Gasteiger partial charge in [0.1, 0.15) is 12.4 Å². The van der Waals surface area contributed by atoms with E-state index < -0.39 is 5.82 Å². The van der Waals surface area contributed by atoms with Gasteiger partial charge in [0.25, 0.3) is 0 Å². The summed E-state index contributed by atoms with van der Waals surface area (Å²) in [4.78, 5) is 11.9. The summed E-state index contributed by atoms with van der Waals surface area (Å²) in [5.41, 5.74) is 0.658. The van der Waals surface area contributed by atoms with Gasteiger partial charge in [-0.25, -0.2) is 4.39 Å². The Morgan fingerprint density at radius 3 is 2.68 bits per heavy atom. The van der Waals surface area contributed by atoms with Crippen LogP contribution in [-0.2, 0) is 4.79 Å². The molecule has 1 atom stereocenters. The lowest BCUT2D eigenvalue weighted by molar-refractivity contribution is -0.120. The Hall–Kier alpha value is -1.86. The van der Waals surface area contributed by atoms with E-state index >= 15 is 0 Å². The average molecular weight is 263 g/mol. The summed E-state index contributed by atoms with van der Waals surface area (Å²) in [6.07, 6.45) is 0. The molecular formula is C15H18FNO2. The third-order valence-corrected chi connectivity index (χ3v) is 2.95. The van der Waals surface area contributed by atoms with Gasteiger partial charge < -0.3 is 10.4 Å². The number of hydrogen-bond donors (Lipinski definition) is 2. The lowest BCUT2D eigenvalue weighted by atomic mass is 9.97. The molecule has 0 radical (unpaired) electrons. The minimum Gasteiger partial charge on any atom is -0.384 e. The predicted molar refractivity (Wildman–Crippen MR) is 73.0 cm³/mol. The molecule has 0 heterocycles. The topological polar surface area (TPSA) is 49.3 Å². The van der Waals surface area contributed by atoms with E-state index in [1.165, 1.54) is 18.2 Å². The van der Waals surface area contributed by atoms with Gasteiger partial charge >= 0.3 is 0 Å². The molecule has 1 aromatic rings. The van der Waals surface area contributed by atoms with E-state index in [2.05, 4.69) is 17.2 Å². The standard InChI is InChI=1S/C15H18FNO2/c1-10(2)11(3)15(19)17-13-6-7-14(16)12(9-13)5-4-8-18/h6-7,9-11,18H,8H2,1-3H3,(H,17,19). The second-order valence-electron chi connectivity index (χ2n) is 4.68. The number of carbonyl (C=O) groups is 1. The molecule has 0 aliphatic carbocycles. The molecule has 0 spiro atoms. The van der Waals surface area contributed by atoms with Crippen molar-refractivity contribution in [2.75, 3.05) is 11.9 Å². The van der Waals surface area contributed by atoms with Crippen LogP contribution in [0.1, 0.15) is 26.3 Å². The molecule has 1 rings (SSSR count). The SMILES string of the molecule is CC(C)C(C)C(=O)Nc1ccc(F)c(C#CCO)c1. The molecular weight excluding hydrogens is 245 g/mol. The second-order valence-corrected chi connectivity index (χ2v) is 4.68. The lowest BCUT2D eigenvalue weighted by Crippen LogP contribution is -2.24. The largest absolute Gasteiger partial charge is 0.384 e. The highest BCUT2D eigenvalue weighted by Gasteiger charge is 2.16. The molecule has 0 saturated heterocycles. The van der Waals surface area contributed by atoms with Crippen molar-refractivity contribution in [3.63, 3.8) is 0 Å². The molecule has 0 bridgehead atoms. The fourth-order valence-electron chi connectivity index (χ4n) is 1.39. The molecule has 0 aromatic heterocycles. The van der Waals surface area contributed by atoms with Gasteiger partial charge in [0, 0.05) is 11.6 Å². The van der Waals surface area contributed by atoms with Crippen LogP contribution in [0.5, 0.6) is 0 Å². The summed E-state index contributed by atoms with van der Waals surface area (Å²) in [7, 11) is 0. The van der Waals surface area contributed by atoms with Crippen LogP contribution < -0.4 is 5.32 Å². The second kappa shape index (κ2) is 6.91. The van der Waals surface area contributed by atoms with Crippen molar-refractivity contribution in [2.45, 2.75) is 20.8 Å². The zero-order valence-electron chi connectivity index (χ0n) is 11.3. The van der Waals surface area contributed by atoms with Crippen molar-refractivity contribution < 1.29 is 14.3 Å². The number of halogens is 1. The van der Waals surface area contributed by atoms with E-state index in [1.807, 2.05) is 20.8 Å². The zero-order valence-corrected chi connectivity index (χ0v) is 11.3. The van der Waals surface area contributed by atoms with Gasteiger partial charge in [-0.2, -0.15) is 0 Å². The van der Waals surface area contributed by atoms with E-state index in [9.17, 15) is 9.18 Å². The van der Waals surface area contributed by atoms with Crippen LogP contribution in [0.3, 0.4) is 0 Å². The third-order valence-electron chi connectivity index (χ3n) is 2.95. The van der Waals surface area contributed by atoms with E-state index in [0.29, 0.717) is 5.69 Å². The monoisotopic (exact) mass is 263 g/mol. The number of anilines is 1. The summed E-state index contributed by atoms with van der Waals surface area (Å²) in [6, 6.07) is 4.20. The Bertz CT molecular complexity index is 515. The Balaban J connectivity index is 2.88. The number of rotatable bonds is 3. The first-order valence-corrected chi connectivity index (χ1v) is 6.15. The molecule has 2 N–H and O–H groups in total. The summed E-state index contributed by atoms with van der Waals surface area (Å²) in [5, 5.41) is 11.3. The molecule has 1 unspecified atom stereocenters. The van der Waals surface area contributed by atoms with Crippen LogP contribution in [0.25, 0.3) is 0 Å². The van der Waals surface area contributed by atoms with E-state index in [-0.39, 0.29) is 29.9 Å². The molecule has 4 heteroatoms. The van der Waals surface area contributed by atoms with Gasteiger partial charge in [0.15, 0.2) is 0 Å². The maximum atomic E-state index is 13.4. The van der Waals surface area contributed by atoms with Gasteiger partial charge in [0.05, 0.1) is 5.56 Å². The van der Waals surface area contributed by atoms with E-state index in [1.54, 1.807) is 0 Å². The van der Waals surface area contributed by atoms with Crippen molar-refractivity contribution in [2.24, 2.45) is 11.8 Å². The lowest BCUT2D eigenvalue weighted by Gasteiger charge is -2.15. The summed E-state index contributed by atoms with van der Waals surface area (Å²) in [6.45, 7) is 5.44. The Morgan fingerprint density at radius 2 is 2.11 bits per heavy atom. The molecule has 0 aliphatic heterocycles. The first-order valence-electron chi connectivity index (χ1n) is 6.15. The number of benzene rings is 1. The summed E-state index contributed by atoms with van der Waals surface area (Å²) >= 11 is 0. The summed E-state index contributed by atoms with van der Waals surface area (Å²) in [5.74, 6) is 4.40. The van der Waals surface area contributed by atoms with Gasteiger partial charge in [-0.3, -0.25) is 4.79 Å². The summed E-state index contributed by atoms with van der Waals surface area (Å²) < 4.78 is 13.4. The number of hydrogen-bond acceptors (Lipinski definition) is 2. The molecule has 1 aromatic carbocycles. The van der Waals surface area contributed by atoms with Crippen LogP contribution in [0.15, 0.2) is 18.2 Å². The van der Waals surface area contributed by atoms with E-state index in [0.717, 1.165) is 0 Å². The Morgan fingerprint density at radius 1 is 1.42 bits per heavy atom. The van der Waals surface area contributed by atoms with Crippen molar-refractivity contribution in [3.05, 3.63) is 29.6 Å². The third kappa shape index (κ3) is 4.38. The minimum absolute atomic E-state index is 0.109. The molecule has 102 valence electrons. The van der Waals surface area contributed by atoms with Gasteiger partial charge in [0.2, 0.25) is 5.91 Å². The maximum absolute atomic E-state index is 13.4. The fraction of sp³-hybridized carbons (Fsp3) is 0.400. The number of aliphatic hydroxyl groups is 1. The van der Waals surface area contributed by atoms with Crippen LogP contribution >= 0.6 is 0 Å². The molecule has 1 amide bonds. The normalized spacial score (nSPS) is 11.7. The highest BCUT2D eigenvalue weighted by Crippen LogP contribution is 2.17. The number of amides is 1. The Labute approximate surface area is 112 Å². The van der Waals surface area contributed by atoms with Crippen LogP contribution in [0.4, 0.5) is 10.1 Å². The highest BCUT2D eigenvalue weighted by atomic mass is 19.1. The number of nitrogens with one attached hydrogen (secondary N) is 1. The maximum Gasteiger partial charge on any atom is 0.227 e. The first kappa shape index (κ1) is 15.2. The van der Waals surface area contributed by atoms with Crippen molar-refractivity contribution in [1.82, 2.24) is 0 Å². The quantitative estimate of drug-likeness (QED) is 0.823. The van der Waals surface area contributed by atoms with Gasteiger partial charge in [-0.15, -0.1) is 0 Å². The van der Waals surface area contributed by atoms with Crippen LogP contribution in [0, 0.1) is 29.5 Å². The van der Waals surface area contributed by atoms with Crippen molar-refractivity contribution in [1.29, 1.82) is 0 Å². The molecule has 19 heavy (non-hydrogen) atoms. The first-order chi connectivity index (χ1) is 8.95. The molecule has 0 fully saturated rings. The van der Waals surface area contributed by atoms with Crippen molar-refractivity contribution in [3.8, 4) is 11.8 Å². The minimum atomic E-state index is -0.476. The van der Waals surface area contributed by atoms with Gasteiger partial charge in [-0.1, -0.05) is 32.6 Å². The van der Waals surface area contributed by atoms with Crippen LogP contribution in [-0.4, -0.2) is 17.6 Å². The van der Waals surface area contributed by atoms with Crippen molar-refractivity contribution >= 4 is 11.6 Å². The molecule has 0 saturated carbocycles. The van der Waals surface area contributed by atoms with E-state index in [4.69, 9.17) is 5.11 Å². The fourth-order valence-corrected chi connectivity index (χ4v) is 1.39. The zero-order chi connectivity index (χ0) is 14.4. The average Bonchev–Trinajstić information content (AvgIpc) is 2.38. The van der Waals surface area contributed by atoms with Gasteiger partial charge in [-0.05, 0) is 24.1 Å². The smallest absolute Gasteiger partial charge is 0.227 e. The predicted octanol–water partition coefficient (Wildman–Crippen LogP) is 2.40. The molecule has 0 aliphatic rings. The highest BCUT2D eigenvalue weighted by molar-refractivity contribution is 5.92. The number of carbonyl (C=O) groups excluding carboxylic acids is 1.